The van der Waals surface area contributed by atoms with E-state index >= 15 is 0 Å². The maximum atomic E-state index is 8.34. The number of rotatable bonds is 3. The van der Waals surface area contributed by atoms with Crippen molar-refractivity contribution in [2.75, 3.05) is 33.9 Å². The van der Waals surface area contributed by atoms with Crippen LogP contribution in [0.15, 0.2) is 0 Å². The van der Waals surface area contributed by atoms with E-state index in [1.54, 1.807) is 14.1 Å². The minimum Gasteiger partial charge on any atom is -0.668 e. The Labute approximate surface area is 87.8 Å². The van der Waals surface area contributed by atoms with Gasteiger partial charge in [0.15, 0.2) is 0 Å². The van der Waals surface area contributed by atoms with Crippen LogP contribution in [0.1, 0.15) is 0 Å². The molecule has 0 aromatic heterocycles. The molecule has 0 radical (unpaired) electrons. The van der Waals surface area contributed by atoms with E-state index in [9.17, 15) is 0 Å². The third-order valence-electron chi connectivity index (χ3n) is 0.945. The van der Waals surface area contributed by atoms with E-state index in [1.807, 2.05) is 0 Å². The summed E-state index contributed by atoms with van der Waals surface area (Å²) in [4.78, 5) is 0. The Balaban J connectivity index is -0.000000177. The molecule has 74 valence electrons. The molecule has 0 aliphatic heterocycles. The summed E-state index contributed by atoms with van der Waals surface area (Å²) in [6.07, 6.45) is 0. The van der Waals surface area contributed by atoms with Gasteiger partial charge in [-0.2, -0.15) is 14.1 Å². The van der Waals surface area contributed by atoms with Crippen LogP contribution in [-0.2, 0) is 21.7 Å². The third-order valence-corrected chi connectivity index (χ3v) is 0.945. The summed E-state index contributed by atoms with van der Waals surface area (Å²) in [6, 6.07) is 0. The maximum absolute atomic E-state index is 8.34. The van der Waals surface area contributed by atoms with E-state index in [0.29, 0.717) is 0 Å². The van der Waals surface area contributed by atoms with Crippen molar-refractivity contribution in [2.45, 2.75) is 5.54 Å². The Morgan fingerprint density at radius 3 is 1.25 bits per heavy atom. The maximum Gasteiger partial charge on any atom is 0.0856 e. The van der Waals surface area contributed by atoms with E-state index in [-0.39, 0.29) is 21.7 Å². The molecule has 0 amide bonds. The van der Waals surface area contributed by atoms with Crippen LogP contribution >= 0.6 is 0 Å². The van der Waals surface area contributed by atoms with Crippen LogP contribution in [-0.4, -0.2) is 54.8 Å². The normalized spacial score (nSPS) is 9.50. The molecule has 0 bridgehead atoms. The Hall–Kier alpha value is 0.514. The molecule has 0 rings (SSSR count). The molecule has 0 saturated heterocycles. The fourth-order valence-corrected chi connectivity index (χ4v) is 0.150. The Bertz CT molecular complexity index is 72.9. The molecular weight excluding hydrogens is 196 g/mol. The first-order valence-corrected chi connectivity index (χ1v) is 3.19. The van der Waals surface area contributed by atoms with Crippen molar-refractivity contribution in [2.24, 2.45) is 5.73 Å². The predicted octanol–water partition coefficient (Wildman–Crippen LogP) is -1.72. The van der Waals surface area contributed by atoms with Crippen LogP contribution < -0.4 is 5.73 Å². The average molecular weight is 213 g/mol. The van der Waals surface area contributed by atoms with Gasteiger partial charge in [-0.15, -0.1) is 0 Å². The number of nitrogens with two attached hydrogens (primary N) is 1. The van der Waals surface area contributed by atoms with Crippen LogP contribution in [0.25, 0.3) is 5.32 Å². The molecule has 0 aromatic carbocycles. The van der Waals surface area contributed by atoms with Crippen LogP contribution in [0.3, 0.4) is 0 Å². The molecule has 0 unspecified atom stereocenters. The summed E-state index contributed by atoms with van der Waals surface area (Å²) >= 11 is 0. The molecule has 12 heavy (non-hydrogen) atoms. The van der Waals surface area contributed by atoms with Crippen molar-refractivity contribution in [1.29, 1.82) is 0 Å². The van der Waals surface area contributed by atoms with Gasteiger partial charge < -0.3 is 26.4 Å². The summed E-state index contributed by atoms with van der Waals surface area (Å²) in [5.41, 5.74) is 3.94. The number of hydrogen-bond acceptors (Lipinski definition) is 4. The van der Waals surface area contributed by atoms with Crippen molar-refractivity contribution in [3.8, 4) is 0 Å². The number of aliphatic hydroxyl groups excluding tert-OH is 3. The summed E-state index contributed by atoms with van der Waals surface area (Å²) in [5, 5.41) is 28.5. The summed E-state index contributed by atoms with van der Waals surface area (Å²) in [7, 11) is 3.50. The SMILES string of the molecule is C[N-]C.NC(CO)(CO)CO.[Ti]. The average Bonchev–Trinajstić information content (AvgIpc) is 2.05. The van der Waals surface area contributed by atoms with Gasteiger partial charge in [0.25, 0.3) is 0 Å². The first-order valence-electron chi connectivity index (χ1n) is 3.19. The summed E-state index contributed by atoms with van der Waals surface area (Å²) in [6.45, 7) is -1.21. The van der Waals surface area contributed by atoms with Crippen molar-refractivity contribution < 1.29 is 37.0 Å². The molecule has 0 saturated carbocycles. The van der Waals surface area contributed by atoms with Gasteiger partial charge >= 0.3 is 0 Å². The zero-order valence-electron chi connectivity index (χ0n) is 7.49. The van der Waals surface area contributed by atoms with Gasteiger partial charge in [0.05, 0.1) is 25.4 Å². The van der Waals surface area contributed by atoms with E-state index < -0.39 is 25.4 Å². The van der Waals surface area contributed by atoms with Gasteiger partial charge in [0, 0.05) is 21.7 Å². The minimum atomic E-state index is -1.21. The van der Waals surface area contributed by atoms with Gasteiger partial charge in [-0.3, -0.25) is 0 Å². The number of aliphatic hydroxyl groups is 3. The van der Waals surface area contributed by atoms with Gasteiger partial charge in [-0.25, -0.2) is 0 Å². The largest absolute Gasteiger partial charge is 0.668 e. The smallest absolute Gasteiger partial charge is 0.0856 e. The van der Waals surface area contributed by atoms with Gasteiger partial charge in [-0.05, 0) is 0 Å². The van der Waals surface area contributed by atoms with Crippen molar-refractivity contribution >= 4 is 0 Å². The second-order valence-corrected chi connectivity index (χ2v) is 2.28. The first kappa shape index (κ1) is 18.3. The molecule has 0 aromatic rings. The van der Waals surface area contributed by atoms with Crippen LogP contribution in [0.4, 0.5) is 0 Å². The van der Waals surface area contributed by atoms with Crippen LogP contribution in [0.5, 0.6) is 0 Å². The van der Waals surface area contributed by atoms with E-state index in [0.717, 1.165) is 0 Å². The number of nitrogens with zero attached hydrogens (tertiary/aromatic N) is 1. The van der Waals surface area contributed by atoms with Crippen LogP contribution in [0.2, 0.25) is 0 Å². The number of hydrogen-bond donors (Lipinski definition) is 4. The second-order valence-electron chi connectivity index (χ2n) is 2.28. The fourth-order valence-electron chi connectivity index (χ4n) is 0.150. The van der Waals surface area contributed by atoms with Crippen molar-refractivity contribution in [3.05, 3.63) is 5.32 Å². The zero-order valence-corrected chi connectivity index (χ0v) is 9.05. The molecule has 0 aliphatic carbocycles. The quantitative estimate of drug-likeness (QED) is 0.419. The summed E-state index contributed by atoms with van der Waals surface area (Å²) < 4.78 is 0. The standard InChI is InChI=1S/C4H11NO3.C2H6N.Ti/c5-4(1-6,2-7)3-8;1-3-2;/h6-8H,1-3,5H2;1-2H3;/q;-1;. The molecule has 0 spiro atoms. The van der Waals surface area contributed by atoms with Crippen molar-refractivity contribution in [3.63, 3.8) is 0 Å². The zero-order chi connectivity index (χ0) is 9.33. The molecular formula is C6H17N2O3Ti-. The molecule has 0 heterocycles. The monoisotopic (exact) mass is 213 g/mol. The molecule has 6 heteroatoms. The predicted molar refractivity (Wildman–Crippen MR) is 43.4 cm³/mol. The molecule has 0 atom stereocenters. The first-order chi connectivity index (χ1) is 5.10. The molecule has 5 N–H and O–H groups in total. The van der Waals surface area contributed by atoms with Gasteiger partial charge in [-0.1, -0.05) is 0 Å². The minimum absolute atomic E-state index is 0. The topological polar surface area (TPSA) is 101 Å². The molecule has 5 nitrogen and oxygen atoms in total. The second kappa shape index (κ2) is 11.5. The van der Waals surface area contributed by atoms with Crippen LogP contribution in [0, 0.1) is 0 Å². The van der Waals surface area contributed by atoms with Crippen molar-refractivity contribution in [1.82, 2.24) is 0 Å². The Kier molecular flexibility index (Phi) is 17.6. The van der Waals surface area contributed by atoms with E-state index in [1.165, 1.54) is 0 Å². The fraction of sp³-hybridized carbons (Fsp3) is 1.00. The summed E-state index contributed by atoms with van der Waals surface area (Å²) in [5.74, 6) is 0. The Morgan fingerprint density at radius 1 is 1.08 bits per heavy atom. The Morgan fingerprint density at radius 2 is 1.25 bits per heavy atom. The van der Waals surface area contributed by atoms with Gasteiger partial charge in [0.2, 0.25) is 0 Å². The molecule has 0 fully saturated rings. The third kappa shape index (κ3) is 10.5. The van der Waals surface area contributed by atoms with E-state index in [2.05, 4.69) is 5.32 Å². The van der Waals surface area contributed by atoms with E-state index in [4.69, 9.17) is 21.1 Å². The van der Waals surface area contributed by atoms with Gasteiger partial charge in [0.1, 0.15) is 0 Å². The molecule has 0 aliphatic rings.